The molecule has 0 aliphatic carbocycles. The van der Waals surface area contributed by atoms with Gasteiger partial charge in [0.1, 0.15) is 0 Å². The van der Waals surface area contributed by atoms with Crippen LogP contribution in [0.2, 0.25) is 0 Å². The molecule has 0 unspecified atom stereocenters. The monoisotopic (exact) mass is 192 g/mol. The summed E-state index contributed by atoms with van der Waals surface area (Å²) in [4.78, 5) is 0. The average molecular weight is 192 g/mol. The molecule has 0 saturated heterocycles. The maximum absolute atomic E-state index is 5.00. The molecule has 3 N–H and O–H groups in total. The summed E-state index contributed by atoms with van der Waals surface area (Å²) < 4.78 is 20.0. The van der Waals surface area contributed by atoms with Crippen molar-refractivity contribution >= 4 is 0 Å². The van der Waals surface area contributed by atoms with Crippen LogP contribution in [-0.4, -0.2) is 11.0 Å². The van der Waals surface area contributed by atoms with Crippen molar-refractivity contribution in [1.29, 1.82) is 0 Å². The van der Waals surface area contributed by atoms with E-state index >= 15 is 0 Å². The summed E-state index contributed by atoms with van der Waals surface area (Å²) in [6.45, 7) is 0. The molecule has 0 aliphatic rings. The van der Waals surface area contributed by atoms with E-state index in [0.29, 0.717) is 0 Å². The van der Waals surface area contributed by atoms with E-state index in [4.69, 9.17) is 5.94 Å². The Bertz CT molecular complexity index is 14.0. The van der Waals surface area contributed by atoms with Crippen LogP contribution in [0.25, 0.3) is 0 Å². The van der Waals surface area contributed by atoms with E-state index < -0.39 is 0 Å². The van der Waals surface area contributed by atoms with E-state index in [1.54, 1.807) is 0 Å². The zero-order valence-electron chi connectivity index (χ0n) is 5.95. The maximum Gasteiger partial charge on any atom is 1.00 e. The molecule has 3 heteroatoms. The first kappa shape index (κ1) is 9.36. The predicted molar refractivity (Wildman–Crippen MR) is 16.5 cm³/mol. The summed E-state index contributed by atoms with van der Waals surface area (Å²) in [5.41, 5.74) is 0. The molecule has 0 radical (unpaired) electrons. The van der Waals surface area contributed by atoms with Crippen LogP contribution in [0.4, 0.5) is 0 Å². The van der Waals surface area contributed by atoms with Crippen LogP contribution in [0, 0.1) is 0 Å². The van der Waals surface area contributed by atoms with Gasteiger partial charge >= 0.3 is 68.9 Å². The minimum Gasteiger partial charge on any atom is -0.870 e. The third-order valence-corrected chi connectivity index (χ3v) is 0. The molecule has 0 saturated carbocycles. The van der Waals surface area contributed by atoms with Crippen LogP contribution in [-0.2, 0) is 0 Å². The van der Waals surface area contributed by atoms with E-state index in [0.717, 1.165) is 0 Å². The van der Waals surface area contributed by atoms with Crippen LogP contribution < -0.4 is 68.9 Å². The van der Waals surface area contributed by atoms with Crippen LogP contribution in [0.3, 0.4) is 0 Å². The van der Waals surface area contributed by atoms with E-state index in [1.807, 2.05) is 0 Å². The molecular weight excluding hydrogens is 177 g/mol. The molecule has 0 aromatic carbocycles. The first-order chi connectivity index (χ1) is 2.00. The van der Waals surface area contributed by atoms with Crippen molar-refractivity contribution in [1.82, 2.24) is 0 Å². The second kappa shape index (κ2) is 20.2. The Labute approximate surface area is 91.2 Å². The van der Waals surface area contributed by atoms with Gasteiger partial charge in [0.05, 0.1) is 0 Å². The molecule has 0 amide bonds. The predicted octanol–water partition coefficient (Wildman–Crippen LogP) is -2.87. The molecule has 28 valence electrons. The second-order valence-corrected chi connectivity index (χ2v) is 0. The second-order valence-electron chi connectivity index (χ2n) is 0. The van der Waals surface area contributed by atoms with Crippen LogP contribution in [0.15, 0.2) is 0 Å². The van der Waals surface area contributed by atoms with Gasteiger partial charge in [0.2, 0.25) is 0 Å². The van der Waals surface area contributed by atoms with Gasteiger partial charge < -0.3 is 11.0 Å². The van der Waals surface area contributed by atoms with Gasteiger partial charge in [-0.15, -0.1) is 0 Å². The van der Waals surface area contributed by atoms with E-state index in [9.17, 15) is 0 Å². The van der Waals surface area contributed by atoms with Crippen molar-refractivity contribution in [2.24, 2.45) is 0 Å². The third-order valence-electron chi connectivity index (χ3n) is 0. The molecule has 0 spiro atoms. The molecular formula is CH11CsO2. The largest absolute Gasteiger partial charge is 1.00 e. The maximum atomic E-state index is 5.00. The minimum atomic E-state index is 0. The number of hydrogen-bond donors (Lipinski definition) is 0. The molecule has 0 atom stereocenters. The summed E-state index contributed by atoms with van der Waals surface area (Å²) in [5, 5.41) is 0. The minimum absolute atomic E-state index is 0. The summed E-state index contributed by atoms with van der Waals surface area (Å²) in [7, 11) is 0. The quantitative estimate of drug-likeness (QED) is 0.407. The molecule has 2 nitrogen and oxygen atoms in total. The van der Waals surface area contributed by atoms with Gasteiger partial charge in [0, 0.05) is 5.94 Å². The van der Waals surface area contributed by atoms with Gasteiger partial charge in [0.25, 0.3) is 0 Å². The number of rotatable bonds is 0. The van der Waals surface area contributed by atoms with Gasteiger partial charge in [-0.1, -0.05) is 7.43 Å². The number of hydrogen-bond acceptors (Lipinski definition) is 1. The van der Waals surface area contributed by atoms with Crippen molar-refractivity contribution in [2.75, 3.05) is 0 Å². The summed E-state index contributed by atoms with van der Waals surface area (Å²) in [6, 6.07) is 0. The van der Waals surface area contributed by atoms with Crippen molar-refractivity contribution in [3.05, 3.63) is 0 Å². The first-order valence-electron chi connectivity index (χ1n) is 2.00. The summed E-state index contributed by atoms with van der Waals surface area (Å²) in [6.07, 6.45) is 0. The molecule has 0 heterocycles. The molecule has 0 rings (SSSR count). The van der Waals surface area contributed by atoms with Crippen LogP contribution in [0.1, 0.15) is 13.4 Å². The van der Waals surface area contributed by atoms with Crippen molar-refractivity contribution in [2.45, 2.75) is 7.43 Å². The van der Waals surface area contributed by atoms with Gasteiger partial charge in [-0.05, 0) is 0 Å². The SMILES string of the molecule is C.O.[2H][2H].[2H][2H].[Cs+].[OH-]. The fourth-order valence-electron chi connectivity index (χ4n) is 0. The Morgan fingerprint density at radius 2 is 1.50 bits per heavy atom. The zero-order chi connectivity index (χ0) is 4.00. The van der Waals surface area contributed by atoms with Crippen LogP contribution in [0.5, 0.6) is 0 Å². The Morgan fingerprint density at radius 1 is 1.50 bits per heavy atom. The standard InChI is InChI=1S/CH4.Cs.2H2O.2H2/h1H4;;2*1H2;2*1H/q;+1;;;;/p-1/i;;;;2*1+1D. The Hall–Kier alpha value is 1.97. The Balaban J connectivity index is -0.00000000167. The Morgan fingerprint density at radius 3 is 1.50 bits per heavy atom. The fraction of sp³-hybridized carbons (Fsp3) is 1.00. The molecule has 4 heavy (non-hydrogen) atoms. The average Bonchev–Trinajstić information content (AvgIpc) is 1.50. The molecule has 0 aromatic heterocycles. The fourth-order valence-corrected chi connectivity index (χ4v) is 0. The van der Waals surface area contributed by atoms with E-state index in [1.165, 1.54) is 0 Å². The summed E-state index contributed by atoms with van der Waals surface area (Å²) >= 11 is 0. The first-order valence-corrected chi connectivity index (χ1v) is 0. The van der Waals surface area contributed by atoms with Gasteiger partial charge in [0.15, 0.2) is 0 Å². The molecule has 0 aliphatic heterocycles. The molecule has 0 fully saturated rings. The summed E-state index contributed by atoms with van der Waals surface area (Å²) in [5.74, 6) is 0. The Kier molecular flexibility index (Phi) is 47.2. The molecule has 0 bridgehead atoms. The van der Waals surface area contributed by atoms with Crippen molar-refractivity contribution in [3.63, 3.8) is 0 Å². The van der Waals surface area contributed by atoms with Crippen LogP contribution >= 0.6 is 0 Å². The van der Waals surface area contributed by atoms with E-state index in [-0.39, 0.29) is 87.3 Å². The molecule has 0 aromatic rings. The van der Waals surface area contributed by atoms with Crippen molar-refractivity contribution in [3.8, 4) is 0 Å². The third kappa shape index (κ3) is 9.02. The topological polar surface area (TPSA) is 61.5 Å². The smallest absolute Gasteiger partial charge is 0.870 e. The van der Waals surface area contributed by atoms with Gasteiger partial charge in [-0.3, -0.25) is 0 Å². The van der Waals surface area contributed by atoms with E-state index in [2.05, 4.69) is 0 Å². The normalized spacial score (nSPS) is 4.00. The zero-order valence-corrected chi connectivity index (χ0v) is 8.23. The van der Waals surface area contributed by atoms with Gasteiger partial charge in [-0.2, -0.15) is 0 Å². The van der Waals surface area contributed by atoms with Crippen molar-refractivity contribution < 1.29 is 85.8 Å². The van der Waals surface area contributed by atoms with Gasteiger partial charge in [-0.25, -0.2) is 0 Å².